The van der Waals surface area contributed by atoms with Crippen LogP contribution in [0.4, 0.5) is 0 Å². The Kier molecular flexibility index (Phi) is 3.41. The molecule has 5 nitrogen and oxygen atoms in total. The van der Waals surface area contributed by atoms with E-state index in [9.17, 15) is 4.79 Å². The Morgan fingerprint density at radius 2 is 2.20 bits per heavy atom. The summed E-state index contributed by atoms with van der Waals surface area (Å²) >= 11 is 3.07. The zero-order valence-electron chi connectivity index (χ0n) is 8.61. The van der Waals surface area contributed by atoms with Crippen LogP contribution in [0.2, 0.25) is 0 Å². The monoisotopic (exact) mass is 274 g/mol. The van der Waals surface area contributed by atoms with E-state index in [4.69, 9.17) is 9.84 Å². The van der Waals surface area contributed by atoms with Crippen LogP contribution in [0.15, 0.2) is 10.7 Å². The van der Waals surface area contributed by atoms with E-state index in [1.54, 1.807) is 13.8 Å². The van der Waals surface area contributed by atoms with Gasteiger partial charge in [0.2, 0.25) is 0 Å². The second-order valence-corrected chi connectivity index (χ2v) is 4.26. The average molecular weight is 275 g/mol. The maximum atomic E-state index is 10.8. The van der Waals surface area contributed by atoms with Gasteiger partial charge in [-0.2, -0.15) is 0 Å². The fourth-order valence-electron chi connectivity index (χ4n) is 0.898. The number of carbonyl (C=O) groups is 1. The van der Waals surface area contributed by atoms with E-state index >= 15 is 0 Å². The number of carboxylic acid groups (broad SMARTS) is 1. The Bertz CT molecular complexity index is 393. The molecular weight excluding hydrogens is 264 g/mol. The van der Waals surface area contributed by atoms with Crippen LogP contribution < -0.4 is 0 Å². The smallest absolute Gasteiger partial charge is 0.355 e. The number of aromatic carboxylic acids is 1. The first kappa shape index (κ1) is 12.1. The fourth-order valence-corrected chi connectivity index (χ4v) is 1.26. The van der Waals surface area contributed by atoms with Crippen LogP contribution in [0.5, 0.6) is 0 Å². The van der Waals surface area contributed by atoms with E-state index in [0.717, 1.165) is 0 Å². The molecule has 0 saturated carbocycles. The van der Waals surface area contributed by atoms with E-state index in [-0.39, 0.29) is 5.69 Å². The molecule has 1 heterocycles. The number of hydrogen-bond acceptors (Lipinski definition) is 4. The van der Waals surface area contributed by atoms with Crippen LogP contribution in [-0.2, 0) is 10.3 Å². The van der Waals surface area contributed by atoms with E-state index < -0.39 is 11.6 Å². The highest BCUT2D eigenvalue weighted by atomic mass is 79.9. The number of methoxy groups -OCH3 is 1. The molecule has 0 aliphatic heterocycles. The highest BCUT2D eigenvalue weighted by Crippen LogP contribution is 2.22. The summed E-state index contributed by atoms with van der Waals surface area (Å²) in [6.07, 6.45) is 1.41. The zero-order valence-corrected chi connectivity index (χ0v) is 10.2. The predicted molar refractivity (Wildman–Crippen MR) is 56.7 cm³/mol. The number of ether oxygens (including phenoxy) is 1. The van der Waals surface area contributed by atoms with Crippen molar-refractivity contribution in [2.24, 2.45) is 0 Å². The van der Waals surface area contributed by atoms with Crippen LogP contribution in [0.25, 0.3) is 0 Å². The Labute approximate surface area is 95.6 Å². The molecule has 1 N–H and O–H groups in total. The molecule has 0 aromatic carbocycles. The number of nitrogens with zero attached hydrogens (tertiary/aromatic N) is 2. The Hall–Kier alpha value is -1.01. The number of halogens is 1. The molecule has 0 aliphatic carbocycles. The minimum absolute atomic E-state index is 0.0647. The van der Waals surface area contributed by atoms with Gasteiger partial charge in [-0.1, -0.05) is 0 Å². The summed E-state index contributed by atoms with van der Waals surface area (Å²) in [4.78, 5) is 18.8. The highest BCUT2D eigenvalue weighted by molar-refractivity contribution is 9.10. The standard InChI is InChI=1S/C9H11BrN2O3/c1-9(2,15-3)8-11-4-5(10)6(12-8)7(13)14/h4H,1-3H3,(H,13,14). The molecule has 1 rings (SSSR count). The molecule has 1 aromatic heterocycles. The first-order chi connectivity index (χ1) is 6.88. The maximum Gasteiger partial charge on any atom is 0.355 e. The quantitative estimate of drug-likeness (QED) is 0.910. The lowest BCUT2D eigenvalue weighted by Crippen LogP contribution is -2.24. The SMILES string of the molecule is COC(C)(C)c1ncc(Br)c(C(=O)O)n1. The minimum Gasteiger partial charge on any atom is -0.476 e. The third-order valence-corrected chi connectivity index (χ3v) is 2.58. The predicted octanol–water partition coefficient (Wildman–Crippen LogP) is 1.82. The summed E-state index contributed by atoms with van der Waals surface area (Å²) in [6.45, 7) is 3.53. The molecule has 0 unspecified atom stereocenters. The third kappa shape index (κ3) is 2.51. The van der Waals surface area contributed by atoms with Crippen LogP contribution in [0, 0.1) is 0 Å². The highest BCUT2D eigenvalue weighted by Gasteiger charge is 2.25. The summed E-state index contributed by atoms with van der Waals surface area (Å²) < 4.78 is 5.52. The molecule has 0 amide bonds. The number of rotatable bonds is 3. The molecule has 0 aliphatic rings. The summed E-state index contributed by atoms with van der Waals surface area (Å²) in [5.41, 5.74) is -0.768. The second kappa shape index (κ2) is 4.24. The summed E-state index contributed by atoms with van der Waals surface area (Å²) in [7, 11) is 1.52. The molecule has 0 fully saturated rings. The van der Waals surface area contributed by atoms with Crippen molar-refractivity contribution in [3.05, 3.63) is 22.2 Å². The Morgan fingerprint density at radius 3 is 2.67 bits per heavy atom. The number of aromatic nitrogens is 2. The van der Waals surface area contributed by atoms with Crippen molar-refractivity contribution in [2.75, 3.05) is 7.11 Å². The van der Waals surface area contributed by atoms with Gasteiger partial charge in [0.05, 0.1) is 4.47 Å². The molecule has 0 saturated heterocycles. The van der Waals surface area contributed by atoms with Gasteiger partial charge in [-0.3, -0.25) is 0 Å². The average Bonchev–Trinajstić information content (AvgIpc) is 2.17. The lowest BCUT2D eigenvalue weighted by atomic mass is 10.1. The molecule has 82 valence electrons. The van der Waals surface area contributed by atoms with Gasteiger partial charge in [-0.15, -0.1) is 0 Å². The summed E-state index contributed by atoms with van der Waals surface area (Å²) in [6, 6.07) is 0. The first-order valence-electron chi connectivity index (χ1n) is 4.20. The topological polar surface area (TPSA) is 72.3 Å². The maximum absolute atomic E-state index is 10.8. The van der Waals surface area contributed by atoms with Gasteiger partial charge in [0.1, 0.15) is 5.60 Å². The third-order valence-electron chi connectivity index (χ3n) is 2.00. The molecule has 0 spiro atoms. The zero-order chi connectivity index (χ0) is 11.6. The summed E-state index contributed by atoms with van der Waals surface area (Å²) in [5, 5.41) is 8.87. The molecule has 0 radical (unpaired) electrons. The van der Waals surface area contributed by atoms with Gasteiger partial charge in [-0.05, 0) is 29.8 Å². The van der Waals surface area contributed by atoms with Crippen molar-refractivity contribution in [1.82, 2.24) is 9.97 Å². The van der Waals surface area contributed by atoms with Crippen molar-refractivity contribution in [2.45, 2.75) is 19.4 Å². The number of carboxylic acids is 1. The Balaban J connectivity index is 3.25. The van der Waals surface area contributed by atoms with Gasteiger partial charge in [0.15, 0.2) is 11.5 Å². The van der Waals surface area contributed by atoms with Crippen LogP contribution >= 0.6 is 15.9 Å². The van der Waals surface area contributed by atoms with E-state index in [0.29, 0.717) is 10.3 Å². The number of hydrogen-bond donors (Lipinski definition) is 1. The van der Waals surface area contributed by atoms with Gasteiger partial charge < -0.3 is 9.84 Å². The van der Waals surface area contributed by atoms with Crippen molar-refractivity contribution >= 4 is 21.9 Å². The first-order valence-corrected chi connectivity index (χ1v) is 4.99. The minimum atomic E-state index is -1.10. The van der Waals surface area contributed by atoms with Crippen LogP contribution in [0.1, 0.15) is 30.2 Å². The van der Waals surface area contributed by atoms with Crippen LogP contribution in [-0.4, -0.2) is 28.2 Å². The van der Waals surface area contributed by atoms with Gasteiger partial charge in [-0.25, -0.2) is 14.8 Å². The molecular formula is C9H11BrN2O3. The molecule has 6 heteroatoms. The molecule has 1 aromatic rings. The van der Waals surface area contributed by atoms with Crippen LogP contribution in [0.3, 0.4) is 0 Å². The Morgan fingerprint density at radius 1 is 1.60 bits per heavy atom. The molecule has 0 bridgehead atoms. The van der Waals surface area contributed by atoms with E-state index in [1.165, 1.54) is 13.3 Å². The van der Waals surface area contributed by atoms with Gasteiger partial charge in [0.25, 0.3) is 0 Å². The fraction of sp³-hybridized carbons (Fsp3) is 0.444. The van der Waals surface area contributed by atoms with Crippen molar-refractivity contribution in [3.8, 4) is 0 Å². The van der Waals surface area contributed by atoms with Gasteiger partial charge >= 0.3 is 5.97 Å². The van der Waals surface area contributed by atoms with Crippen molar-refractivity contribution in [3.63, 3.8) is 0 Å². The lowest BCUT2D eigenvalue weighted by molar-refractivity contribution is 0.0111. The van der Waals surface area contributed by atoms with Gasteiger partial charge in [0, 0.05) is 13.3 Å². The molecule has 0 atom stereocenters. The second-order valence-electron chi connectivity index (χ2n) is 3.41. The normalized spacial score (nSPS) is 11.5. The lowest BCUT2D eigenvalue weighted by Gasteiger charge is -2.21. The summed E-state index contributed by atoms with van der Waals surface area (Å²) in [5.74, 6) is -0.761. The largest absolute Gasteiger partial charge is 0.476 e. The van der Waals surface area contributed by atoms with Crippen molar-refractivity contribution < 1.29 is 14.6 Å². The van der Waals surface area contributed by atoms with Crippen molar-refractivity contribution in [1.29, 1.82) is 0 Å². The van der Waals surface area contributed by atoms with E-state index in [1.807, 2.05) is 0 Å². The van der Waals surface area contributed by atoms with E-state index in [2.05, 4.69) is 25.9 Å². The molecule has 15 heavy (non-hydrogen) atoms.